The fourth-order valence-corrected chi connectivity index (χ4v) is 4.01. The number of carboxylic acid groups (broad SMARTS) is 2. The summed E-state index contributed by atoms with van der Waals surface area (Å²) in [5, 5.41) is 24.4. The van der Waals surface area contributed by atoms with Crippen LogP contribution in [-0.2, 0) is 4.79 Å². The molecule has 1 heterocycles. The number of nitrogens with zero attached hydrogens (tertiary/aromatic N) is 1. The van der Waals surface area contributed by atoms with Gasteiger partial charge in [0.25, 0.3) is 5.91 Å². The van der Waals surface area contributed by atoms with Gasteiger partial charge < -0.3 is 35.8 Å². The summed E-state index contributed by atoms with van der Waals surface area (Å²) in [6.07, 6.45) is -5.23. The van der Waals surface area contributed by atoms with Gasteiger partial charge in [-0.2, -0.15) is 13.2 Å². The second-order valence-corrected chi connectivity index (χ2v) is 8.41. The molecule has 39 heavy (non-hydrogen) atoms. The zero-order chi connectivity index (χ0) is 29.0. The average molecular weight is 555 g/mol. The highest BCUT2D eigenvalue weighted by Crippen LogP contribution is 2.34. The van der Waals surface area contributed by atoms with E-state index in [1.165, 1.54) is 0 Å². The first-order valence-corrected chi connectivity index (χ1v) is 12.4. The van der Waals surface area contributed by atoms with Crippen molar-refractivity contribution in [2.24, 2.45) is 0 Å². The second-order valence-electron chi connectivity index (χ2n) is 8.41. The van der Waals surface area contributed by atoms with Crippen LogP contribution >= 0.6 is 0 Å². The van der Waals surface area contributed by atoms with Crippen molar-refractivity contribution < 1.29 is 42.5 Å². The Bertz CT molecular complexity index is 1130. The lowest BCUT2D eigenvalue weighted by atomic mass is 9.98. The number of carboxylic acids is 1. The number of hydrogen-bond donors (Lipinski definition) is 5. The van der Waals surface area contributed by atoms with Gasteiger partial charge in [-0.15, -0.1) is 0 Å². The highest BCUT2D eigenvalue weighted by Gasteiger charge is 2.38. The van der Waals surface area contributed by atoms with Gasteiger partial charge in [0.1, 0.15) is 5.75 Å². The number of piperazine rings is 1. The third-order valence-electron chi connectivity index (χ3n) is 5.80. The minimum absolute atomic E-state index is 0.147. The number of amides is 2. The number of hydrogen-bond acceptors (Lipinski definition) is 6. The Morgan fingerprint density at radius 1 is 1.08 bits per heavy atom. The molecule has 0 radical (unpaired) electrons. The Labute approximate surface area is 224 Å². The smallest absolute Gasteiger partial charge is 0.490 e. The molecule has 1 aliphatic rings. The van der Waals surface area contributed by atoms with Gasteiger partial charge in [0.15, 0.2) is 0 Å². The third kappa shape index (κ3) is 9.36. The van der Waals surface area contributed by atoms with Crippen molar-refractivity contribution in [3.63, 3.8) is 0 Å². The van der Waals surface area contributed by atoms with E-state index in [1.807, 2.05) is 49.4 Å². The second kappa shape index (κ2) is 14.8. The molecule has 0 aromatic heterocycles. The fraction of sp³-hybridized carbons (Fsp3) is 0.423. The number of ether oxygens (including phenoxy) is 1. The molecular weight excluding hydrogens is 521 g/mol. The molecule has 0 spiro atoms. The van der Waals surface area contributed by atoms with Crippen molar-refractivity contribution in [1.29, 1.82) is 0 Å². The van der Waals surface area contributed by atoms with Gasteiger partial charge in [0.05, 0.1) is 12.2 Å². The Morgan fingerprint density at radius 3 is 2.36 bits per heavy atom. The van der Waals surface area contributed by atoms with E-state index in [1.54, 1.807) is 0 Å². The molecule has 0 saturated carbocycles. The quantitative estimate of drug-likeness (QED) is 0.297. The topological polar surface area (TPSA) is 140 Å². The van der Waals surface area contributed by atoms with Crippen LogP contribution in [0.4, 0.5) is 23.7 Å². The number of alkyl halides is 3. The largest absolute Gasteiger partial charge is 0.493 e. The first-order chi connectivity index (χ1) is 18.5. The van der Waals surface area contributed by atoms with Gasteiger partial charge in [0, 0.05) is 50.0 Å². The van der Waals surface area contributed by atoms with Crippen LogP contribution in [0.3, 0.4) is 0 Å². The molecular formula is C26H33F3N4O6. The van der Waals surface area contributed by atoms with E-state index in [0.717, 1.165) is 48.6 Å². The van der Waals surface area contributed by atoms with Crippen LogP contribution in [0.15, 0.2) is 42.5 Å². The van der Waals surface area contributed by atoms with Crippen molar-refractivity contribution in [2.75, 3.05) is 44.2 Å². The minimum Gasteiger partial charge on any atom is -0.493 e. The molecule has 2 aromatic carbocycles. The first-order valence-electron chi connectivity index (χ1n) is 12.4. The standard InChI is InChI=1S/C24H32N4O4.C2HF3O2/c1-3-18-16-25-13-14-28(18)21-10-9-17(19-7-5-6-8-22(19)32-4-2)15-20(21)23(29)26-11-12-27-24(30)31;3-2(4,5)1(6)7/h5-10,15,18,25,27H,3-4,11-14,16H2,1-2H3,(H,26,29)(H,30,31);(H,6,7)/t18-;/m1./s1. The predicted octanol–water partition coefficient (Wildman–Crippen LogP) is 3.57. The number of para-hydroxylation sites is 1. The van der Waals surface area contributed by atoms with Crippen LogP contribution in [0, 0.1) is 0 Å². The van der Waals surface area contributed by atoms with E-state index in [0.29, 0.717) is 18.2 Å². The van der Waals surface area contributed by atoms with Gasteiger partial charge in [-0.3, -0.25) is 4.79 Å². The fourth-order valence-electron chi connectivity index (χ4n) is 4.01. The number of rotatable bonds is 9. The summed E-state index contributed by atoms with van der Waals surface area (Å²) in [4.78, 5) is 35.1. The zero-order valence-corrected chi connectivity index (χ0v) is 21.7. The monoisotopic (exact) mass is 554 g/mol. The Hall–Kier alpha value is -4.00. The lowest BCUT2D eigenvalue weighted by Gasteiger charge is -2.38. The number of carbonyl (C=O) groups is 3. The van der Waals surface area contributed by atoms with E-state index in [-0.39, 0.29) is 19.0 Å². The van der Waals surface area contributed by atoms with E-state index in [9.17, 15) is 22.8 Å². The van der Waals surface area contributed by atoms with Crippen LogP contribution in [0.5, 0.6) is 5.75 Å². The van der Waals surface area contributed by atoms with Crippen LogP contribution in [-0.4, -0.2) is 79.7 Å². The van der Waals surface area contributed by atoms with E-state index < -0.39 is 18.2 Å². The molecule has 2 aromatic rings. The van der Waals surface area contributed by atoms with Crippen LogP contribution < -0.4 is 25.6 Å². The minimum atomic E-state index is -5.08. The van der Waals surface area contributed by atoms with Gasteiger partial charge >= 0.3 is 18.2 Å². The molecule has 1 fully saturated rings. The lowest BCUT2D eigenvalue weighted by molar-refractivity contribution is -0.192. The molecule has 10 nitrogen and oxygen atoms in total. The number of nitrogens with one attached hydrogen (secondary N) is 3. The Balaban J connectivity index is 0.000000673. The number of halogens is 3. The van der Waals surface area contributed by atoms with Crippen molar-refractivity contribution in [2.45, 2.75) is 32.5 Å². The maximum Gasteiger partial charge on any atom is 0.490 e. The molecule has 5 N–H and O–H groups in total. The molecule has 13 heteroatoms. The number of anilines is 1. The molecule has 0 aliphatic carbocycles. The number of benzene rings is 2. The van der Waals surface area contributed by atoms with Crippen molar-refractivity contribution in [3.05, 3.63) is 48.0 Å². The highest BCUT2D eigenvalue weighted by molar-refractivity contribution is 6.01. The molecule has 1 aliphatic heterocycles. The average Bonchev–Trinajstić information content (AvgIpc) is 2.91. The van der Waals surface area contributed by atoms with Gasteiger partial charge in [-0.25, -0.2) is 9.59 Å². The summed E-state index contributed by atoms with van der Waals surface area (Å²) < 4.78 is 37.5. The van der Waals surface area contributed by atoms with Gasteiger partial charge in [0.2, 0.25) is 0 Å². The van der Waals surface area contributed by atoms with Crippen LogP contribution in [0.1, 0.15) is 30.6 Å². The Morgan fingerprint density at radius 2 is 1.74 bits per heavy atom. The Kier molecular flexibility index (Phi) is 11.9. The molecule has 3 rings (SSSR count). The summed E-state index contributed by atoms with van der Waals surface area (Å²) in [6, 6.07) is 14.0. The summed E-state index contributed by atoms with van der Waals surface area (Å²) in [6.45, 7) is 7.54. The zero-order valence-electron chi connectivity index (χ0n) is 21.7. The van der Waals surface area contributed by atoms with Crippen LogP contribution in [0.25, 0.3) is 11.1 Å². The maximum absolute atomic E-state index is 13.2. The van der Waals surface area contributed by atoms with E-state index >= 15 is 0 Å². The highest BCUT2D eigenvalue weighted by atomic mass is 19.4. The molecule has 214 valence electrons. The van der Waals surface area contributed by atoms with E-state index in [2.05, 4.69) is 27.8 Å². The molecule has 1 atom stereocenters. The van der Waals surface area contributed by atoms with Crippen molar-refractivity contribution >= 4 is 23.7 Å². The number of aliphatic carboxylic acids is 1. The SMILES string of the molecule is CCOc1ccccc1-c1ccc(N2CCNC[C@H]2CC)c(C(=O)NCCNC(=O)O)c1.O=C(O)C(F)(F)F. The maximum atomic E-state index is 13.2. The first kappa shape index (κ1) is 31.2. The van der Waals surface area contributed by atoms with Crippen LogP contribution in [0.2, 0.25) is 0 Å². The summed E-state index contributed by atoms with van der Waals surface area (Å²) in [5.41, 5.74) is 3.29. The predicted molar refractivity (Wildman–Crippen MR) is 139 cm³/mol. The van der Waals surface area contributed by atoms with Gasteiger partial charge in [-0.05, 0) is 37.1 Å². The van der Waals surface area contributed by atoms with Crippen molar-refractivity contribution in [1.82, 2.24) is 16.0 Å². The molecule has 0 bridgehead atoms. The summed E-state index contributed by atoms with van der Waals surface area (Å²) in [5.74, 6) is -2.21. The summed E-state index contributed by atoms with van der Waals surface area (Å²) >= 11 is 0. The number of carbonyl (C=O) groups excluding carboxylic acids is 1. The third-order valence-corrected chi connectivity index (χ3v) is 5.80. The van der Waals surface area contributed by atoms with Gasteiger partial charge in [-0.1, -0.05) is 31.2 Å². The summed E-state index contributed by atoms with van der Waals surface area (Å²) in [7, 11) is 0. The normalized spacial score (nSPS) is 15.0. The van der Waals surface area contributed by atoms with E-state index in [4.69, 9.17) is 19.7 Å². The molecule has 1 saturated heterocycles. The van der Waals surface area contributed by atoms with Crippen molar-refractivity contribution in [3.8, 4) is 16.9 Å². The molecule has 0 unspecified atom stereocenters. The molecule has 2 amide bonds. The lowest BCUT2D eigenvalue weighted by Crippen LogP contribution is -2.51.